The molecule has 5 nitrogen and oxygen atoms in total. The van der Waals surface area contributed by atoms with Gasteiger partial charge in [-0.3, -0.25) is 14.9 Å². The standard InChI is InChI=1S/C11H11ClN2O3/c12-7-11(15)13-5-1-2-8-6-9(14(16)17)3-4-10(8)13/h3-4,6H,1-2,5,7H2. The van der Waals surface area contributed by atoms with Gasteiger partial charge in [-0.15, -0.1) is 11.6 Å². The molecule has 1 aliphatic rings. The van der Waals surface area contributed by atoms with Crippen LogP contribution >= 0.6 is 11.6 Å². The Hall–Kier alpha value is -1.62. The van der Waals surface area contributed by atoms with E-state index in [9.17, 15) is 14.9 Å². The van der Waals surface area contributed by atoms with E-state index in [2.05, 4.69) is 0 Å². The summed E-state index contributed by atoms with van der Waals surface area (Å²) in [7, 11) is 0. The Morgan fingerprint density at radius 2 is 2.29 bits per heavy atom. The first-order chi connectivity index (χ1) is 8.13. The molecule has 1 aromatic rings. The molecule has 2 rings (SSSR count). The van der Waals surface area contributed by atoms with Gasteiger partial charge in [0.15, 0.2) is 0 Å². The number of benzene rings is 1. The molecule has 1 heterocycles. The van der Waals surface area contributed by atoms with Gasteiger partial charge in [0.25, 0.3) is 5.69 Å². The molecule has 6 heteroatoms. The molecule has 0 unspecified atom stereocenters. The van der Waals surface area contributed by atoms with Gasteiger partial charge in [-0.05, 0) is 24.5 Å². The Labute approximate surface area is 103 Å². The molecule has 0 saturated carbocycles. The second kappa shape index (κ2) is 4.71. The second-order valence-electron chi connectivity index (χ2n) is 3.85. The lowest BCUT2D eigenvalue weighted by molar-refractivity contribution is -0.384. The molecule has 0 atom stereocenters. The highest BCUT2D eigenvalue weighted by Crippen LogP contribution is 2.30. The third-order valence-electron chi connectivity index (χ3n) is 2.81. The van der Waals surface area contributed by atoms with Crippen LogP contribution in [-0.4, -0.2) is 23.3 Å². The van der Waals surface area contributed by atoms with E-state index in [1.807, 2.05) is 0 Å². The van der Waals surface area contributed by atoms with Crippen LogP contribution < -0.4 is 4.90 Å². The van der Waals surface area contributed by atoms with Gasteiger partial charge in [0.2, 0.25) is 5.91 Å². The van der Waals surface area contributed by atoms with Gasteiger partial charge in [0, 0.05) is 24.4 Å². The fourth-order valence-electron chi connectivity index (χ4n) is 2.03. The van der Waals surface area contributed by atoms with Gasteiger partial charge in [-0.1, -0.05) is 0 Å². The summed E-state index contributed by atoms with van der Waals surface area (Å²) < 4.78 is 0. The normalized spacial score (nSPS) is 14.3. The predicted octanol–water partition coefficient (Wildman–Crippen LogP) is 2.11. The van der Waals surface area contributed by atoms with Gasteiger partial charge < -0.3 is 4.90 Å². The van der Waals surface area contributed by atoms with Gasteiger partial charge in [0.05, 0.1) is 4.92 Å². The van der Waals surface area contributed by atoms with E-state index in [1.165, 1.54) is 12.1 Å². The number of hydrogen-bond acceptors (Lipinski definition) is 3. The van der Waals surface area contributed by atoms with E-state index in [0.717, 1.165) is 24.1 Å². The molecule has 1 amide bonds. The molecule has 0 fully saturated rings. The van der Waals surface area contributed by atoms with Gasteiger partial charge >= 0.3 is 0 Å². The summed E-state index contributed by atoms with van der Waals surface area (Å²) in [5, 5.41) is 10.7. The van der Waals surface area contributed by atoms with Crippen LogP contribution in [0.25, 0.3) is 0 Å². The average Bonchev–Trinajstić information content (AvgIpc) is 2.36. The molecule has 0 radical (unpaired) electrons. The largest absolute Gasteiger partial charge is 0.311 e. The molecule has 1 aromatic carbocycles. The number of alkyl halides is 1. The minimum atomic E-state index is -0.428. The zero-order chi connectivity index (χ0) is 12.4. The molecule has 0 aromatic heterocycles. The van der Waals surface area contributed by atoms with Crippen molar-refractivity contribution in [3.63, 3.8) is 0 Å². The number of nitro groups is 1. The van der Waals surface area contributed by atoms with Gasteiger partial charge in [-0.25, -0.2) is 0 Å². The third kappa shape index (κ3) is 2.24. The molecule has 0 bridgehead atoms. The highest BCUT2D eigenvalue weighted by atomic mass is 35.5. The van der Waals surface area contributed by atoms with Crippen molar-refractivity contribution in [2.75, 3.05) is 17.3 Å². The second-order valence-corrected chi connectivity index (χ2v) is 4.12. The van der Waals surface area contributed by atoms with E-state index in [-0.39, 0.29) is 17.5 Å². The number of carbonyl (C=O) groups is 1. The van der Waals surface area contributed by atoms with Crippen LogP contribution in [0.15, 0.2) is 18.2 Å². The van der Waals surface area contributed by atoms with E-state index in [4.69, 9.17) is 11.6 Å². The van der Waals surface area contributed by atoms with Crippen molar-refractivity contribution in [2.24, 2.45) is 0 Å². The summed E-state index contributed by atoms with van der Waals surface area (Å²) >= 11 is 5.53. The highest BCUT2D eigenvalue weighted by Gasteiger charge is 2.23. The maximum Gasteiger partial charge on any atom is 0.269 e. The SMILES string of the molecule is O=C(CCl)N1CCCc2cc([N+](=O)[O-])ccc21. The summed E-state index contributed by atoms with van der Waals surface area (Å²) in [5.74, 6) is -0.238. The van der Waals surface area contributed by atoms with Crippen LogP contribution in [0.2, 0.25) is 0 Å². The number of carbonyl (C=O) groups excluding carboxylic acids is 1. The number of nitrogens with zero attached hydrogens (tertiary/aromatic N) is 2. The van der Waals surface area contributed by atoms with Crippen LogP contribution in [0.1, 0.15) is 12.0 Å². The number of fused-ring (bicyclic) bond motifs is 1. The van der Waals surface area contributed by atoms with Crippen molar-refractivity contribution in [3.05, 3.63) is 33.9 Å². The fraction of sp³-hybridized carbons (Fsp3) is 0.364. The molecule has 0 spiro atoms. The molecule has 0 aliphatic carbocycles. The Morgan fingerprint density at radius 1 is 1.53 bits per heavy atom. The number of nitro benzene ring substituents is 1. The van der Waals surface area contributed by atoms with Crippen LogP contribution in [-0.2, 0) is 11.2 Å². The first-order valence-corrected chi connectivity index (χ1v) is 5.80. The average molecular weight is 255 g/mol. The molecule has 1 aliphatic heterocycles. The number of amides is 1. The predicted molar refractivity (Wildman–Crippen MR) is 64.5 cm³/mol. The number of non-ortho nitro benzene ring substituents is 1. The van der Waals surface area contributed by atoms with E-state index in [1.54, 1.807) is 11.0 Å². The molecule has 0 saturated heterocycles. The lowest BCUT2D eigenvalue weighted by Gasteiger charge is -2.28. The zero-order valence-corrected chi connectivity index (χ0v) is 9.81. The summed E-state index contributed by atoms with van der Waals surface area (Å²) in [6, 6.07) is 4.57. The van der Waals surface area contributed by atoms with Crippen molar-refractivity contribution in [1.82, 2.24) is 0 Å². The molecule has 90 valence electrons. The van der Waals surface area contributed by atoms with Crippen LogP contribution in [0, 0.1) is 10.1 Å². The Morgan fingerprint density at radius 3 is 2.94 bits per heavy atom. The monoisotopic (exact) mass is 254 g/mol. The first kappa shape index (κ1) is 11.9. The zero-order valence-electron chi connectivity index (χ0n) is 9.06. The minimum Gasteiger partial charge on any atom is -0.311 e. The van der Waals surface area contributed by atoms with Crippen molar-refractivity contribution < 1.29 is 9.72 Å². The molecule has 0 N–H and O–H groups in total. The summed E-state index contributed by atoms with van der Waals surface area (Å²) in [6.45, 7) is 0.621. The fourth-order valence-corrected chi connectivity index (χ4v) is 2.17. The summed E-state index contributed by atoms with van der Waals surface area (Å²) in [5.41, 5.74) is 1.64. The van der Waals surface area contributed by atoms with Crippen molar-refractivity contribution in [1.29, 1.82) is 0 Å². The topological polar surface area (TPSA) is 63.5 Å². The van der Waals surface area contributed by atoms with Crippen LogP contribution in [0.4, 0.5) is 11.4 Å². The first-order valence-electron chi connectivity index (χ1n) is 5.27. The Balaban J connectivity index is 2.40. The van der Waals surface area contributed by atoms with Gasteiger partial charge in [-0.2, -0.15) is 0 Å². The third-order valence-corrected chi connectivity index (χ3v) is 3.04. The van der Waals surface area contributed by atoms with Crippen LogP contribution in [0.5, 0.6) is 0 Å². The number of hydrogen-bond donors (Lipinski definition) is 0. The minimum absolute atomic E-state index is 0.0592. The smallest absolute Gasteiger partial charge is 0.269 e. The number of halogens is 1. The van der Waals surface area contributed by atoms with Gasteiger partial charge in [0.1, 0.15) is 5.88 Å². The summed E-state index contributed by atoms with van der Waals surface area (Å²) in [6.07, 6.45) is 1.56. The van der Waals surface area contributed by atoms with Crippen molar-refractivity contribution in [3.8, 4) is 0 Å². The molecule has 17 heavy (non-hydrogen) atoms. The maximum absolute atomic E-state index is 11.6. The molecular formula is C11H11ClN2O3. The number of rotatable bonds is 2. The van der Waals surface area contributed by atoms with E-state index < -0.39 is 4.92 Å². The summed E-state index contributed by atoms with van der Waals surface area (Å²) in [4.78, 5) is 23.4. The lowest BCUT2D eigenvalue weighted by atomic mass is 10.0. The van der Waals surface area contributed by atoms with E-state index >= 15 is 0 Å². The lowest BCUT2D eigenvalue weighted by Crippen LogP contribution is -2.36. The molecular weight excluding hydrogens is 244 g/mol. The van der Waals surface area contributed by atoms with Crippen molar-refractivity contribution >= 4 is 28.9 Å². The van der Waals surface area contributed by atoms with Crippen LogP contribution in [0.3, 0.4) is 0 Å². The quantitative estimate of drug-likeness (QED) is 0.461. The van der Waals surface area contributed by atoms with E-state index in [0.29, 0.717) is 6.54 Å². The Bertz CT molecular complexity index is 476. The number of aryl methyl sites for hydroxylation is 1. The number of anilines is 1. The highest BCUT2D eigenvalue weighted by molar-refractivity contribution is 6.29. The maximum atomic E-state index is 11.6. The Kier molecular flexibility index (Phi) is 3.28. The van der Waals surface area contributed by atoms with Crippen molar-refractivity contribution in [2.45, 2.75) is 12.8 Å².